The van der Waals surface area contributed by atoms with Crippen molar-refractivity contribution >= 4 is 5.69 Å². The number of hydrogen-bond acceptors (Lipinski definition) is 4. The molecule has 26 heavy (non-hydrogen) atoms. The molecule has 0 aliphatic rings. The maximum atomic E-state index is 13.2. The van der Waals surface area contributed by atoms with E-state index in [1.165, 1.54) is 0 Å². The summed E-state index contributed by atoms with van der Waals surface area (Å²) in [5.41, 5.74) is -6.34. The van der Waals surface area contributed by atoms with Gasteiger partial charge < -0.3 is 19.5 Å². The normalized spacial score (nSPS) is 12.9. The average Bonchev–Trinajstić information content (AvgIpc) is 2.55. The van der Waals surface area contributed by atoms with Gasteiger partial charge in [-0.25, -0.2) is 0 Å². The minimum Gasteiger partial charge on any atom is -0.492 e. The summed E-state index contributed by atoms with van der Waals surface area (Å²) >= 11 is 0. The van der Waals surface area contributed by atoms with Crippen molar-refractivity contribution in [3.05, 3.63) is 17.7 Å². The first kappa shape index (κ1) is 22.2. The lowest BCUT2D eigenvalue weighted by Gasteiger charge is -2.34. The van der Waals surface area contributed by atoms with Crippen molar-refractivity contribution in [3.8, 4) is 11.5 Å². The van der Waals surface area contributed by atoms with Crippen molar-refractivity contribution in [1.82, 2.24) is 0 Å². The number of unbranched alkanes of at least 4 members (excludes halogenated alkanes) is 1. The van der Waals surface area contributed by atoms with Crippen LogP contribution in [0, 0.1) is 0 Å². The maximum absolute atomic E-state index is 13.2. The number of nitrogens with zero attached hydrogens (tertiary/aromatic N) is 1. The van der Waals surface area contributed by atoms with Crippen molar-refractivity contribution in [1.29, 1.82) is 0 Å². The summed E-state index contributed by atoms with van der Waals surface area (Å²) in [4.78, 5) is 1.62. The van der Waals surface area contributed by atoms with Gasteiger partial charge in [-0.1, -0.05) is 13.3 Å². The monoisotopic (exact) mass is 389 g/mol. The lowest BCUT2D eigenvalue weighted by atomic mass is 9.90. The van der Waals surface area contributed by atoms with E-state index in [2.05, 4.69) is 0 Å². The molecule has 0 saturated carbocycles. The molecule has 0 aliphatic heterocycles. The number of ether oxygens (including phenoxy) is 2. The lowest BCUT2D eigenvalue weighted by molar-refractivity contribution is -0.376. The molecule has 0 saturated heterocycles. The van der Waals surface area contributed by atoms with Gasteiger partial charge in [-0.15, -0.1) is 0 Å². The Morgan fingerprint density at radius 2 is 1.46 bits per heavy atom. The molecule has 0 amide bonds. The molecule has 0 aliphatic carbocycles. The van der Waals surface area contributed by atoms with Gasteiger partial charge in [0.2, 0.25) is 0 Å². The third-order valence-electron chi connectivity index (χ3n) is 3.97. The van der Waals surface area contributed by atoms with E-state index < -0.39 is 29.3 Å². The highest BCUT2D eigenvalue weighted by atomic mass is 19.4. The SMILES string of the molecule is CCCCN(C)c1ccc(C(O)(C(F)(F)F)C(F)(F)F)c(OC)c1OC. The molecule has 1 aromatic carbocycles. The van der Waals surface area contributed by atoms with Crippen molar-refractivity contribution < 1.29 is 40.9 Å². The van der Waals surface area contributed by atoms with E-state index in [4.69, 9.17) is 9.47 Å². The van der Waals surface area contributed by atoms with Crippen LogP contribution < -0.4 is 14.4 Å². The van der Waals surface area contributed by atoms with E-state index in [-0.39, 0.29) is 11.4 Å². The third-order valence-corrected chi connectivity index (χ3v) is 3.97. The fraction of sp³-hybridized carbons (Fsp3) is 0.625. The number of rotatable bonds is 7. The van der Waals surface area contributed by atoms with E-state index in [1.807, 2.05) is 6.92 Å². The van der Waals surface area contributed by atoms with Crippen molar-refractivity contribution in [2.24, 2.45) is 0 Å². The first-order valence-electron chi connectivity index (χ1n) is 7.69. The predicted molar refractivity (Wildman–Crippen MR) is 83.7 cm³/mol. The Morgan fingerprint density at radius 3 is 1.85 bits per heavy atom. The summed E-state index contributed by atoms with van der Waals surface area (Å²) in [5, 5.41) is 9.66. The summed E-state index contributed by atoms with van der Waals surface area (Å²) in [6.07, 6.45) is -10.4. The topological polar surface area (TPSA) is 41.9 Å². The van der Waals surface area contributed by atoms with Gasteiger partial charge in [0.05, 0.1) is 19.9 Å². The second-order valence-corrected chi connectivity index (χ2v) is 5.68. The highest BCUT2D eigenvalue weighted by Crippen LogP contribution is 2.55. The molecule has 0 aromatic heterocycles. The van der Waals surface area contributed by atoms with Gasteiger partial charge in [-0.05, 0) is 18.6 Å². The quantitative estimate of drug-likeness (QED) is 0.708. The molecule has 0 fully saturated rings. The highest BCUT2D eigenvalue weighted by Gasteiger charge is 2.72. The summed E-state index contributed by atoms with van der Waals surface area (Å²) in [7, 11) is 3.62. The van der Waals surface area contributed by atoms with E-state index >= 15 is 0 Å². The van der Waals surface area contributed by atoms with Crippen LogP contribution in [0.3, 0.4) is 0 Å². The van der Waals surface area contributed by atoms with Crippen LogP contribution in [0.5, 0.6) is 11.5 Å². The Morgan fingerprint density at radius 1 is 0.962 bits per heavy atom. The van der Waals surface area contributed by atoms with Crippen molar-refractivity contribution in [3.63, 3.8) is 0 Å². The predicted octanol–water partition coefficient (Wildman–Crippen LogP) is 4.25. The molecule has 0 radical (unpaired) electrons. The van der Waals surface area contributed by atoms with Gasteiger partial charge in [0, 0.05) is 19.2 Å². The molecule has 0 bridgehead atoms. The van der Waals surface area contributed by atoms with Crippen LogP contribution in [0.1, 0.15) is 25.3 Å². The van der Waals surface area contributed by atoms with E-state index in [1.54, 1.807) is 11.9 Å². The van der Waals surface area contributed by atoms with Crippen LogP contribution in [0.4, 0.5) is 32.0 Å². The van der Waals surface area contributed by atoms with E-state index in [0.717, 1.165) is 33.1 Å². The first-order chi connectivity index (χ1) is 11.9. The van der Waals surface area contributed by atoms with Gasteiger partial charge >= 0.3 is 12.4 Å². The zero-order valence-corrected chi connectivity index (χ0v) is 14.8. The average molecular weight is 389 g/mol. The number of aliphatic hydroxyl groups is 1. The van der Waals surface area contributed by atoms with Crippen molar-refractivity contribution in [2.75, 3.05) is 32.7 Å². The second-order valence-electron chi connectivity index (χ2n) is 5.68. The van der Waals surface area contributed by atoms with Gasteiger partial charge in [0.15, 0.2) is 11.5 Å². The molecule has 1 N–H and O–H groups in total. The fourth-order valence-corrected chi connectivity index (χ4v) is 2.52. The Kier molecular flexibility index (Phi) is 6.67. The summed E-state index contributed by atoms with van der Waals surface area (Å²) in [6, 6.07) is 1.59. The molecule has 0 unspecified atom stereocenters. The van der Waals surface area contributed by atoms with Crippen LogP contribution in [0.25, 0.3) is 0 Å². The van der Waals surface area contributed by atoms with Gasteiger partial charge in [-0.3, -0.25) is 0 Å². The standard InChI is InChI=1S/C16H21F6NO3/c1-5-6-9-23(2)11-8-7-10(12(25-3)13(11)26-4)14(24,15(17,18)19)16(20,21)22/h7-8,24H,5-6,9H2,1-4H3. The zero-order chi connectivity index (χ0) is 20.3. The fourth-order valence-electron chi connectivity index (χ4n) is 2.52. The molecule has 0 atom stereocenters. The lowest BCUT2D eigenvalue weighted by Crippen LogP contribution is -2.54. The molecule has 0 spiro atoms. The number of anilines is 1. The van der Waals surface area contributed by atoms with Gasteiger partial charge in [0.1, 0.15) is 0 Å². The summed E-state index contributed by atoms with van der Waals surface area (Å²) in [6.45, 7) is 2.43. The van der Waals surface area contributed by atoms with Crippen LogP contribution in [-0.4, -0.2) is 45.3 Å². The number of benzene rings is 1. The molecule has 10 heteroatoms. The van der Waals surface area contributed by atoms with Crippen molar-refractivity contribution in [2.45, 2.75) is 37.7 Å². The number of alkyl halides is 6. The molecule has 4 nitrogen and oxygen atoms in total. The van der Waals surface area contributed by atoms with E-state index in [9.17, 15) is 31.4 Å². The zero-order valence-electron chi connectivity index (χ0n) is 14.8. The Labute approximate surface area is 147 Å². The van der Waals surface area contributed by atoms with Gasteiger partial charge in [0.25, 0.3) is 5.60 Å². The Hall–Kier alpha value is -1.84. The first-order valence-corrected chi connectivity index (χ1v) is 7.69. The number of halogens is 6. The second kappa shape index (κ2) is 7.81. The van der Waals surface area contributed by atoms with Crippen LogP contribution >= 0.6 is 0 Å². The largest absolute Gasteiger partial charge is 0.492 e. The minimum absolute atomic E-state index is 0.244. The molecule has 1 aromatic rings. The number of methoxy groups -OCH3 is 2. The summed E-state index contributed by atoms with van der Waals surface area (Å²) in [5.74, 6) is -1.15. The third kappa shape index (κ3) is 3.79. The molecular weight excluding hydrogens is 368 g/mol. The summed E-state index contributed by atoms with van der Waals surface area (Å²) < 4.78 is 88.9. The maximum Gasteiger partial charge on any atom is 0.430 e. The van der Waals surface area contributed by atoms with Crippen LogP contribution in [0.15, 0.2) is 12.1 Å². The van der Waals surface area contributed by atoms with Gasteiger partial charge in [-0.2, -0.15) is 26.3 Å². The number of hydrogen-bond donors (Lipinski definition) is 1. The van der Waals surface area contributed by atoms with E-state index in [0.29, 0.717) is 12.6 Å². The smallest absolute Gasteiger partial charge is 0.430 e. The minimum atomic E-state index is -6.01. The molecular formula is C16H21F6NO3. The molecule has 1 rings (SSSR count). The Balaban J connectivity index is 3.69. The highest BCUT2D eigenvalue weighted by molar-refractivity contribution is 5.68. The molecule has 0 heterocycles. The molecule has 150 valence electrons. The van der Waals surface area contributed by atoms with Crippen LogP contribution in [0.2, 0.25) is 0 Å². The Bertz CT molecular complexity index is 601. The van der Waals surface area contributed by atoms with Crippen LogP contribution in [-0.2, 0) is 5.60 Å².